The molecule has 5 heteroatoms. The van der Waals surface area contributed by atoms with Crippen LogP contribution in [0.15, 0.2) is 48.5 Å². The van der Waals surface area contributed by atoms with E-state index in [9.17, 15) is 9.59 Å². The standard InChI is InChI=1S/C22H25ClN2O2/c1-16-7-9-17(10-8-16)11-12-24-21(26)19-5-3-13-25(15-19)22(27)18-4-2-6-20(23)14-18/h2,4,6-10,14,19H,3,5,11-13,15H2,1H3,(H,24,26)/t19-/m1/s1. The summed E-state index contributed by atoms with van der Waals surface area (Å²) in [6.07, 6.45) is 2.46. The smallest absolute Gasteiger partial charge is 0.253 e. The van der Waals surface area contributed by atoms with Crippen molar-refractivity contribution in [1.82, 2.24) is 10.2 Å². The summed E-state index contributed by atoms with van der Waals surface area (Å²) in [6.45, 7) is 3.81. The van der Waals surface area contributed by atoms with Gasteiger partial charge in [-0.15, -0.1) is 0 Å². The summed E-state index contributed by atoms with van der Waals surface area (Å²) in [6, 6.07) is 15.3. The Morgan fingerprint density at radius 1 is 1.19 bits per heavy atom. The van der Waals surface area contributed by atoms with Crippen molar-refractivity contribution in [2.75, 3.05) is 19.6 Å². The van der Waals surface area contributed by atoms with Gasteiger partial charge in [0.2, 0.25) is 5.91 Å². The molecule has 0 aromatic heterocycles. The third-order valence-corrected chi connectivity index (χ3v) is 5.22. The van der Waals surface area contributed by atoms with E-state index < -0.39 is 0 Å². The molecule has 142 valence electrons. The second kappa shape index (κ2) is 9.05. The summed E-state index contributed by atoms with van der Waals surface area (Å²) in [5, 5.41) is 3.57. The summed E-state index contributed by atoms with van der Waals surface area (Å²) in [7, 11) is 0. The highest BCUT2D eigenvalue weighted by Crippen LogP contribution is 2.20. The Bertz CT molecular complexity index is 804. The molecule has 4 nitrogen and oxygen atoms in total. The van der Waals surface area contributed by atoms with Gasteiger partial charge in [0, 0.05) is 30.2 Å². The number of nitrogens with zero attached hydrogens (tertiary/aromatic N) is 1. The molecule has 1 fully saturated rings. The predicted octanol–water partition coefficient (Wildman–Crippen LogP) is 3.86. The number of piperidine rings is 1. The third kappa shape index (κ3) is 5.33. The Kier molecular flexibility index (Phi) is 6.51. The lowest BCUT2D eigenvalue weighted by molar-refractivity contribution is -0.126. The number of benzene rings is 2. The number of likely N-dealkylation sites (tertiary alicyclic amines) is 1. The molecule has 0 saturated carbocycles. The number of halogens is 1. The maximum Gasteiger partial charge on any atom is 0.253 e. The van der Waals surface area contributed by atoms with Gasteiger partial charge in [0.1, 0.15) is 0 Å². The van der Waals surface area contributed by atoms with E-state index in [1.807, 2.05) is 0 Å². The fraction of sp³-hybridized carbons (Fsp3) is 0.364. The summed E-state index contributed by atoms with van der Waals surface area (Å²) < 4.78 is 0. The first-order chi connectivity index (χ1) is 13.0. The van der Waals surface area contributed by atoms with E-state index in [-0.39, 0.29) is 17.7 Å². The van der Waals surface area contributed by atoms with Gasteiger partial charge in [-0.25, -0.2) is 0 Å². The molecule has 2 aromatic carbocycles. The molecule has 1 atom stereocenters. The van der Waals surface area contributed by atoms with Crippen LogP contribution in [0.25, 0.3) is 0 Å². The molecule has 27 heavy (non-hydrogen) atoms. The minimum Gasteiger partial charge on any atom is -0.355 e. The van der Waals surface area contributed by atoms with Crippen molar-refractivity contribution < 1.29 is 9.59 Å². The molecule has 2 aromatic rings. The average Bonchev–Trinajstić information content (AvgIpc) is 2.69. The molecular weight excluding hydrogens is 360 g/mol. The second-order valence-electron chi connectivity index (χ2n) is 7.13. The van der Waals surface area contributed by atoms with Gasteiger partial charge in [0.15, 0.2) is 0 Å². The van der Waals surface area contributed by atoms with Crippen LogP contribution < -0.4 is 5.32 Å². The summed E-state index contributed by atoms with van der Waals surface area (Å²) in [4.78, 5) is 27.0. The molecule has 2 amide bonds. The first-order valence-electron chi connectivity index (χ1n) is 9.41. The normalized spacial score (nSPS) is 16.8. The molecule has 1 aliphatic heterocycles. The lowest BCUT2D eigenvalue weighted by Crippen LogP contribution is -2.45. The average molecular weight is 385 g/mol. The summed E-state index contributed by atoms with van der Waals surface area (Å²) >= 11 is 5.99. The van der Waals surface area contributed by atoms with Crippen molar-refractivity contribution in [3.63, 3.8) is 0 Å². The van der Waals surface area contributed by atoms with E-state index in [0.29, 0.717) is 30.2 Å². The van der Waals surface area contributed by atoms with Crippen LogP contribution in [0.1, 0.15) is 34.3 Å². The highest BCUT2D eigenvalue weighted by atomic mass is 35.5. The summed E-state index contributed by atoms with van der Waals surface area (Å²) in [5.41, 5.74) is 3.01. The largest absolute Gasteiger partial charge is 0.355 e. The lowest BCUT2D eigenvalue weighted by atomic mass is 9.96. The zero-order chi connectivity index (χ0) is 19.2. The number of nitrogens with one attached hydrogen (secondary N) is 1. The van der Waals surface area contributed by atoms with Crippen molar-refractivity contribution in [2.24, 2.45) is 5.92 Å². The van der Waals surface area contributed by atoms with Crippen LogP contribution >= 0.6 is 11.6 Å². The van der Waals surface area contributed by atoms with Crippen molar-refractivity contribution in [3.05, 3.63) is 70.2 Å². The van der Waals surface area contributed by atoms with E-state index in [1.54, 1.807) is 29.2 Å². The number of amides is 2. The van der Waals surface area contributed by atoms with Crippen molar-refractivity contribution >= 4 is 23.4 Å². The molecule has 1 aliphatic rings. The fourth-order valence-corrected chi connectivity index (χ4v) is 3.60. The topological polar surface area (TPSA) is 49.4 Å². The molecule has 0 unspecified atom stereocenters. The van der Waals surface area contributed by atoms with Crippen LogP contribution in [0.4, 0.5) is 0 Å². The molecule has 0 radical (unpaired) electrons. The van der Waals surface area contributed by atoms with E-state index >= 15 is 0 Å². The van der Waals surface area contributed by atoms with Gasteiger partial charge in [-0.05, 0) is 49.9 Å². The molecule has 1 saturated heterocycles. The lowest BCUT2D eigenvalue weighted by Gasteiger charge is -2.32. The number of carbonyl (C=O) groups excluding carboxylic acids is 2. The van der Waals surface area contributed by atoms with Gasteiger partial charge in [0.25, 0.3) is 5.91 Å². The molecule has 0 bridgehead atoms. The van der Waals surface area contributed by atoms with Crippen LogP contribution in [-0.4, -0.2) is 36.3 Å². The van der Waals surface area contributed by atoms with Gasteiger partial charge in [-0.1, -0.05) is 47.5 Å². The molecule has 3 rings (SSSR count). The zero-order valence-electron chi connectivity index (χ0n) is 15.6. The van der Waals surface area contributed by atoms with Gasteiger partial charge in [-0.3, -0.25) is 9.59 Å². The maximum atomic E-state index is 12.7. The molecule has 1 heterocycles. The highest BCUT2D eigenvalue weighted by molar-refractivity contribution is 6.30. The number of rotatable bonds is 5. The SMILES string of the molecule is Cc1ccc(CCNC(=O)[C@@H]2CCCN(C(=O)c3cccc(Cl)c3)C2)cc1. The fourth-order valence-electron chi connectivity index (χ4n) is 3.41. The van der Waals surface area contributed by atoms with E-state index in [2.05, 4.69) is 36.5 Å². The number of hydrogen-bond acceptors (Lipinski definition) is 2. The van der Waals surface area contributed by atoms with E-state index in [1.165, 1.54) is 11.1 Å². The van der Waals surface area contributed by atoms with Gasteiger partial charge in [-0.2, -0.15) is 0 Å². The second-order valence-corrected chi connectivity index (χ2v) is 7.56. The Hall–Kier alpha value is -2.33. The van der Waals surface area contributed by atoms with E-state index in [0.717, 1.165) is 19.3 Å². The Labute approximate surface area is 165 Å². The van der Waals surface area contributed by atoms with Gasteiger partial charge < -0.3 is 10.2 Å². The highest BCUT2D eigenvalue weighted by Gasteiger charge is 2.28. The van der Waals surface area contributed by atoms with Gasteiger partial charge in [0.05, 0.1) is 5.92 Å². The minimum absolute atomic E-state index is 0.0331. The number of aryl methyl sites for hydroxylation is 1. The quantitative estimate of drug-likeness (QED) is 0.850. The number of carbonyl (C=O) groups is 2. The molecule has 1 N–H and O–H groups in total. The van der Waals surface area contributed by atoms with Crippen LogP contribution in [0.2, 0.25) is 5.02 Å². The van der Waals surface area contributed by atoms with Crippen LogP contribution in [0, 0.1) is 12.8 Å². The molecule has 0 aliphatic carbocycles. The van der Waals surface area contributed by atoms with Crippen LogP contribution in [0.5, 0.6) is 0 Å². The first kappa shape index (κ1) is 19.4. The van der Waals surface area contributed by atoms with Crippen LogP contribution in [-0.2, 0) is 11.2 Å². The van der Waals surface area contributed by atoms with Gasteiger partial charge >= 0.3 is 0 Å². The molecule has 0 spiro atoms. The minimum atomic E-state index is -0.153. The Morgan fingerprint density at radius 2 is 1.96 bits per heavy atom. The third-order valence-electron chi connectivity index (χ3n) is 4.98. The van der Waals surface area contributed by atoms with E-state index in [4.69, 9.17) is 11.6 Å². The number of hydrogen-bond donors (Lipinski definition) is 1. The first-order valence-corrected chi connectivity index (χ1v) is 9.79. The van der Waals surface area contributed by atoms with Crippen LogP contribution in [0.3, 0.4) is 0 Å². The monoisotopic (exact) mass is 384 g/mol. The Balaban J connectivity index is 1.51. The zero-order valence-corrected chi connectivity index (χ0v) is 16.3. The van der Waals surface area contributed by atoms with Crippen molar-refractivity contribution in [2.45, 2.75) is 26.2 Å². The van der Waals surface area contributed by atoms with Crippen molar-refractivity contribution in [3.8, 4) is 0 Å². The summed E-state index contributed by atoms with van der Waals surface area (Å²) in [5.74, 6) is -0.180. The molecular formula is C22H25ClN2O2. The Morgan fingerprint density at radius 3 is 2.70 bits per heavy atom. The van der Waals surface area contributed by atoms with Crippen molar-refractivity contribution in [1.29, 1.82) is 0 Å². The maximum absolute atomic E-state index is 12.7. The predicted molar refractivity (Wildman–Crippen MR) is 108 cm³/mol.